The lowest BCUT2D eigenvalue weighted by Crippen LogP contribution is -2.32. The molecule has 132 valence electrons. The van der Waals surface area contributed by atoms with Crippen molar-refractivity contribution in [3.8, 4) is 11.9 Å². The van der Waals surface area contributed by atoms with E-state index in [1.807, 2.05) is 11.0 Å². The Morgan fingerprint density at radius 1 is 1.48 bits per heavy atom. The van der Waals surface area contributed by atoms with E-state index in [-0.39, 0.29) is 12.0 Å². The summed E-state index contributed by atoms with van der Waals surface area (Å²) in [4.78, 5) is 18.6. The highest BCUT2D eigenvalue weighted by atomic mass is 16.5. The summed E-state index contributed by atoms with van der Waals surface area (Å²) >= 11 is 0. The Hall–Kier alpha value is -2.13. The smallest absolute Gasteiger partial charge is 0.226 e. The highest BCUT2D eigenvalue weighted by molar-refractivity contribution is 5.82. The van der Waals surface area contributed by atoms with Gasteiger partial charge in [0.05, 0.1) is 24.9 Å². The van der Waals surface area contributed by atoms with Gasteiger partial charge in [-0.15, -0.1) is 0 Å². The minimum atomic E-state index is 0.191. The molecule has 4 rings (SSSR count). The van der Waals surface area contributed by atoms with Gasteiger partial charge in [0.1, 0.15) is 6.07 Å². The third-order valence-electron chi connectivity index (χ3n) is 5.78. The van der Waals surface area contributed by atoms with E-state index in [9.17, 15) is 4.79 Å². The maximum Gasteiger partial charge on any atom is 0.226 e. The van der Waals surface area contributed by atoms with Gasteiger partial charge in [0.15, 0.2) is 0 Å². The highest BCUT2D eigenvalue weighted by Gasteiger charge is 2.49. The zero-order valence-electron chi connectivity index (χ0n) is 14.4. The summed E-state index contributed by atoms with van der Waals surface area (Å²) in [5.74, 6) is 2.53. The summed E-state index contributed by atoms with van der Waals surface area (Å²) in [7, 11) is 0. The van der Waals surface area contributed by atoms with Gasteiger partial charge in [0.2, 0.25) is 11.8 Å². The summed E-state index contributed by atoms with van der Waals surface area (Å²) in [6.45, 7) is 5.05. The lowest BCUT2D eigenvalue weighted by Gasteiger charge is -2.20. The first-order chi connectivity index (χ1) is 12.2. The van der Waals surface area contributed by atoms with Crippen LogP contribution in [-0.4, -0.2) is 48.2 Å². The monoisotopic (exact) mass is 341 g/mol. The SMILES string of the molecule is C[C@@H]1C[C@@H]1C(=O)N1C[C@H]2[C@@H](CCOc3ccc(C#N)cn3)CO[C@H]2C1. The maximum absolute atomic E-state index is 12.4. The first kappa shape index (κ1) is 16.3. The Morgan fingerprint density at radius 3 is 3.00 bits per heavy atom. The Morgan fingerprint density at radius 2 is 2.32 bits per heavy atom. The van der Waals surface area contributed by atoms with E-state index >= 15 is 0 Å². The normalized spacial score (nSPS) is 33.0. The van der Waals surface area contributed by atoms with Gasteiger partial charge in [-0.2, -0.15) is 5.26 Å². The number of rotatable bonds is 5. The van der Waals surface area contributed by atoms with Crippen LogP contribution in [0, 0.1) is 35.0 Å². The number of pyridine rings is 1. The van der Waals surface area contributed by atoms with Gasteiger partial charge in [0, 0.05) is 37.2 Å². The van der Waals surface area contributed by atoms with Crippen LogP contribution < -0.4 is 4.74 Å². The van der Waals surface area contributed by atoms with Gasteiger partial charge in [-0.25, -0.2) is 4.98 Å². The molecule has 3 heterocycles. The fraction of sp³-hybridized carbons (Fsp3) is 0.632. The molecule has 1 aromatic rings. The number of amides is 1. The number of carbonyl (C=O) groups excluding carboxylic acids is 1. The van der Waals surface area contributed by atoms with Crippen LogP contribution in [0.25, 0.3) is 0 Å². The van der Waals surface area contributed by atoms with Crippen molar-refractivity contribution in [1.82, 2.24) is 9.88 Å². The summed E-state index contributed by atoms with van der Waals surface area (Å²) in [6, 6.07) is 5.47. The van der Waals surface area contributed by atoms with Gasteiger partial charge in [-0.05, 0) is 30.7 Å². The first-order valence-electron chi connectivity index (χ1n) is 9.05. The molecule has 2 saturated heterocycles. The van der Waals surface area contributed by atoms with Crippen LogP contribution in [0.2, 0.25) is 0 Å². The second-order valence-electron chi connectivity index (χ2n) is 7.49. The third-order valence-corrected chi connectivity index (χ3v) is 5.78. The van der Waals surface area contributed by atoms with Crippen molar-refractivity contribution < 1.29 is 14.3 Å². The number of hydrogen-bond donors (Lipinski definition) is 0. The molecule has 3 fully saturated rings. The van der Waals surface area contributed by atoms with Crippen molar-refractivity contribution in [3.05, 3.63) is 23.9 Å². The number of nitriles is 1. The maximum atomic E-state index is 12.4. The van der Waals surface area contributed by atoms with Crippen molar-refractivity contribution >= 4 is 5.91 Å². The lowest BCUT2D eigenvalue weighted by atomic mass is 9.91. The molecule has 2 aliphatic heterocycles. The molecule has 0 unspecified atom stereocenters. The number of fused-ring (bicyclic) bond motifs is 1. The molecule has 1 amide bonds. The van der Waals surface area contributed by atoms with Gasteiger partial charge in [-0.1, -0.05) is 6.92 Å². The van der Waals surface area contributed by atoms with Crippen LogP contribution >= 0.6 is 0 Å². The molecule has 1 aromatic heterocycles. The number of nitrogens with zero attached hydrogens (tertiary/aromatic N) is 3. The number of ether oxygens (including phenoxy) is 2. The topological polar surface area (TPSA) is 75.5 Å². The highest BCUT2D eigenvalue weighted by Crippen LogP contribution is 2.42. The summed E-state index contributed by atoms with van der Waals surface area (Å²) < 4.78 is 11.6. The zero-order valence-corrected chi connectivity index (χ0v) is 14.4. The van der Waals surface area contributed by atoms with Crippen LogP contribution in [0.3, 0.4) is 0 Å². The van der Waals surface area contributed by atoms with Crippen LogP contribution in [0.5, 0.6) is 5.88 Å². The molecule has 25 heavy (non-hydrogen) atoms. The molecule has 0 spiro atoms. The van der Waals surface area contributed by atoms with Crippen molar-refractivity contribution in [1.29, 1.82) is 5.26 Å². The van der Waals surface area contributed by atoms with Gasteiger partial charge in [-0.3, -0.25) is 4.79 Å². The second kappa shape index (κ2) is 6.64. The van der Waals surface area contributed by atoms with Crippen LogP contribution in [-0.2, 0) is 9.53 Å². The molecular formula is C19H23N3O3. The van der Waals surface area contributed by atoms with E-state index in [0.29, 0.717) is 41.7 Å². The molecule has 1 aliphatic carbocycles. The average molecular weight is 341 g/mol. The molecule has 6 nitrogen and oxygen atoms in total. The van der Waals surface area contributed by atoms with E-state index < -0.39 is 0 Å². The van der Waals surface area contributed by atoms with E-state index in [2.05, 4.69) is 11.9 Å². The lowest BCUT2D eigenvalue weighted by molar-refractivity contribution is -0.132. The van der Waals surface area contributed by atoms with Gasteiger partial charge >= 0.3 is 0 Å². The van der Waals surface area contributed by atoms with Gasteiger partial charge < -0.3 is 14.4 Å². The van der Waals surface area contributed by atoms with Crippen molar-refractivity contribution in [2.75, 3.05) is 26.3 Å². The molecule has 6 heteroatoms. The second-order valence-corrected chi connectivity index (χ2v) is 7.49. The first-order valence-corrected chi connectivity index (χ1v) is 9.05. The fourth-order valence-corrected chi connectivity index (χ4v) is 4.02. The number of hydrogen-bond acceptors (Lipinski definition) is 5. The Bertz CT molecular complexity index is 684. The molecule has 1 saturated carbocycles. The number of carbonyl (C=O) groups is 1. The molecular weight excluding hydrogens is 318 g/mol. The molecule has 3 aliphatic rings. The Balaban J connectivity index is 1.26. The molecule has 5 atom stereocenters. The van der Waals surface area contributed by atoms with Crippen LogP contribution in [0.4, 0.5) is 0 Å². The molecule has 0 N–H and O–H groups in total. The molecule has 0 aromatic carbocycles. The fourth-order valence-electron chi connectivity index (χ4n) is 4.02. The number of likely N-dealkylation sites (tertiary alicyclic amines) is 1. The van der Waals surface area contributed by atoms with Crippen LogP contribution in [0.15, 0.2) is 18.3 Å². The minimum absolute atomic E-state index is 0.191. The molecule has 0 radical (unpaired) electrons. The zero-order chi connectivity index (χ0) is 17.4. The van der Waals surface area contributed by atoms with E-state index in [4.69, 9.17) is 14.7 Å². The average Bonchev–Trinajstić information content (AvgIpc) is 3.04. The Labute approximate surface area is 147 Å². The van der Waals surface area contributed by atoms with Crippen molar-refractivity contribution in [2.45, 2.75) is 25.9 Å². The van der Waals surface area contributed by atoms with Crippen molar-refractivity contribution in [2.24, 2.45) is 23.7 Å². The van der Waals surface area contributed by atoms with Crippen molar-refractivity contribution in [3.63, 3.8) is 0 Å². The standard InChI is InChI=1S/C19H23N3O3/c1-12-6-15(12)19(23)22-9-16-14(11-25-17(16)10-22)4-5-24-18-3-2-13(7-20)8-21-18/h2-3,8,12,14-17H,4-6,9-11H2,1H3/t12-,14+,15+,16+,17+/m1/s1. The summed E-state index contributed by atoms with van der Waals surface area (Å²) in [5.41, 5.74) is 0.528. The minimum Gasteiger partial charge on any atom is -0.478 e. The third kappa shape index (κ3) is 3.34. The molecule has 0 bridgehead atoms. The Kier molecular flexibility index (Phi) is 4.34. The predicted octanol–water partition coefficient (Wildman–Crippen LogP) is 1.85. The summed E-state index contributed by atoms with van der Waals surface area (Å²) in [6.07, 6.45) is 3.64. The largest absolute Gasteiger partial charge is 0.478 e. The van der Waals surface area contributed by atoms with Crippen LogP contribution in [0.1, 0.15) is 25.3 Å². The van der Waals surface area contributed by atoms with Gasteiger partial charge in [0.25, 0.3) is 0 Å². The quantitative estimate of drug-likeness (QED) is 0.817. The number of aromatic nitrogens is 1. The predicted molar refractivity (Wildman–Crippen MR) is 89.6 cm³/mol. The van der Waals surface area contributed by atoms with E-state index in [1.54, 1.807) is 12.1 Å². The van der Waals surface area contributed by atoms with E-state index in [1.165, 1.54) is 6.20 Å². The summed E-state index contributed by atoms with van der Waals surface area (Å²) in [5, 5.41) is 8.78. The van der Waals surface area contributed by atoms with E-state index in [0.717, 1.165) is 32.5 Å².